The molecule has 2 atom stereocenters. The molecule has 2 unspecified atom stereocenters. The molecule has 1 fully saturated rings. The molecule has 1 saturated heterocycles. The quantitative estimate of drug-likeness (QED) is 0.721. The first-order valence-corrected chi connectivity index (χ1v) is 7.92. The van der Waals surface area contributed by atoms with E-state index in [1.54, 1.807) is 6.92 Å². The number of methoxy groups -OCH3 is 1. The predicted molar refractivity (Wildman–Crippen MR) is 80.7 cm³/mol. The summed E-state index contributed by atoms with van der Waals surface area (Å²) in [5.41, 5.74) is -0.705. The van der Waals surface area contributed by atoms with Crippen LogP contribution >= 0.6 is 0 Å². The van der Waals surface area contributed by atoms with Crippen molar-refractivity contribution >= 4 is 5.97 Å². The lowest BCUT2D eigenvalue weighted by atomic mass is 9.98. The second kappa shape index (κ2) is 7.88. The molecule has 0 aliphatic carbocycles. The maximum Gasteiger partial charge on any atom is 0.420 e. The van der Waals surface area contributed by atoms with Crippen LogP contribution < -0.4 is 4.74 Å². The molecule has 0 amide bonds. The fourth-order valence-corrected chi connectivity index (χ4v) is 2.95. The first-order chi connectivity index (χ1) is 11.4. The molecule has 7 heteroatoms. The fourth-order valence-electron chi connectivity index (χ4n) is 2.95. The van der Waals surface area contributed by atoms with Crippen molar-refractivity contribution < 1.29 is 32.2 Å². The van der Waals surface area contributed by atoms with Crippen molar-refractivity contribution in [1.82, 2.24) is 0 Å². The van der Waals surface area contributed by atoms with Gasteiger partial charge in [0.15, 0.2) is 0 Å². The van der Waals surface area contributed by atoms with Gasteiger partial charge in [-0.25, -0.2) is 0 Å². The molecule has 134 valence electrons. The van der Waals surface area contributed by atoms with E-state index in [9.17, 15) is 18.0 Å². The monoisotopic (exact) mass is 346 g/mol. The zero-order valence-corrected chi connectivity index (χ0v) is 13.7. The Morgan fingerprint density at radius 1 is 1.33 bits per heavy atom. The third kappa shape index (κ3) is 4.41. The molecule has 1 aromatic carbocycles. The Morgan fingerprint density at radius 3 is 2.71 bits per heavy atom. The summed E-state index contributed by atoms with van der Waals surface area (Å²) in [6.45, 7) is 2.03. The summed E-state index contributed by atoms with van der Waals surface area (Å²) in [5.74, 6) is -0.527. The van der Waals surface area contributed by atoms with Gasteiger partial charge in [0.1, 0.15) is 11.3 Å². The number of hydrogen-bond donors (Lipinski definition) is 0. The second-order valence-corrected chi connectivity index (χ2v) is 5.59. The van der Waals surface area contributed by atoms with E-state index in [2.05, 4.69) is 0 Å². The molecule has 1 heterocycles. The van der Waals surface area contributed by atoms with Crippen LogP contribution in [0.1, 0.15) is 49.8 Å². The molecule has 1 aliphatic heterocycles. The molecule has 2 rings (SSSR count). The molecule has 0 aromatic heterocycles. The molecule has 24 heavy (non-hydrogen) atoms. The zero-order valence-electron chi connectivity index (χ0n) is 13.7. The zero-order chi connectivity index (χ0) is 17.7. The van der Waals surface area contributed by atoms with Crippen molar-refractivity contribution in [3.63, 3.8) is 0 Å². The van der Waals surface area contributed by atoms with Crippen LogP contribution in [0.25, 0.3) is 0 Å². The van der Waals surface area contributed by atoms with Crippen molar-refractivity contribution in [3.8, 4) is 5.75 Å². The lowest BCUT2D eigenvalue weighted by molar-refractivity contribution is -0.143. The van der Waals surface area contributed by atoms with Gasteiger partial charge >= 0.3 is 12.1 Å². The summed E-state index contributed by atoms with van der Waals surface area (Å²) in [4.78, 5) is 11.4. The van der Waals surface area contributed by atoms with Gasteiger partial charge in [-0.05, 0) is 37.8 Å². The van der Waals surface area contributed by atoms with Crippen LogP contribution in [0.5, 0.6) is 5.75 Å². The number of alkyl halides is 3. The lowest BCUT2D eigenvalue weighted by Crippen LogP contribution is -2.15. The van der Waals surface area contributed by atoms with Crippen molar-refractivity contribution in [2.75, 3.05) is 13.7 Å². The van der Waals surface area contributed by atoms with Gasteiger partial charge in [0.05, 0.1) is 25.9 Å². The van der Waals surface area contributed by atoms with Crippen LogP contribution in [0.3, 0.4) is 0 Å². The highest BCUT2D eigenvalue weighted by Crippen LogP contribution is 2.45. The van der Waals surface area contributed by atoms with Crippen LogP contribution in [0.2, 0.25) is 0 Å². The Kier molecular flexibility index (Phi) is 6.10. The molecule has 0 radical (unpaired) electrons. The predicted octanol–water partition coefficient (Wildman–Crippen LogP) is 4.28. The average Bonchev–Trinajstić information content (AvgIpc) is 3.00. The maximum absolute atomic E-state index is 13.4. The summed E-state index contributed by atoms with van der Waals surface area (Å²) < 4.78 is 55.6. The van der Waals surface area contributed by atoms with E-state index in [0.717, 1.165) is 0 Å². The number of esters is 1. The highest BCUT2D eigenvalue weighted by atomic mass is 19.4. The normalized spacial score (nSPS) is 20.9. The molecule has 1 aliphatic rings. The van der Waals surface area contributed by atoms with Crippen LogP contribution in [-0.4, -0.2) is 25.8 Å². The lowest BCUT2D eigenvalue weighted by Gasteiger charge is -2.21. The van der Waals surface area contributed by atoms with E-state index in [1.165, 1.54) is 25.3 Å². The molecule has 0 saturated carbocycles. The van der Waals surface area contributed by atoms with Crippen molar-refractivity contribution in [1.29, 1.82) is 0 Å². The molecule has 1 aromatic rings. The average molecular weight is 346 g/mol. The number of ether oxygens (including phenoxy) is 3. The molecular weight excluding hydrogens is 325 g/mol. The second-order valence-electron chi connectivity index (χ2n) is 5.59. The Morgan fingerprint density at radius 2 is 2.08 bits per heavy atom. The molecule has 4 nitrogen and oxygen atoms in total. The summed E-state index contributed by atoms with van der Waals surface area (Å²) in [6, 6.07) is 4.24. The number of carbonyl (C=O) groups is 1. The Balaban J connectivity index is 2.09. The molecule has 0 bridgehead atoms. The van der Waals surface area contributed by atoms with Crippen molar-refractivity contribution in [2.24, 2.45) is 0 Å². The summed E-state index contributed by atoms with van der Waals surface area (Å²) >= 11 is 0. The number of halogens is 3. The smallest absolute Gasteiger partial charge is 0.420 e. The Bertz CT molecular complexity index is 571. The van der Waals surface area contributed by atoms with E-state index in [0.29, 0.717) is 25.9 Å². The van der Waals surface area contributed by atoms with Crippen LogP contribution in [0, 0.1) is 0 Å². The number of hydrogen-bond acceptors (Lipinski definition) is 4. The number of benzene rings is 1. The molecule has 0 spiro atoms. The Hall–Kier alpha value is -1.76. The molecular formula is C17H21F3O4. The first-order valence-electron chi connectivity index (χ1n) is 7.92. The maximum atomic E-state index is 13.4. The minimum Gasteiger partial charge on any atom is -0.496 e. The highest BCUT2D eigenvalue weighted by Gasteiger charge is 2.40. The van der Waals surface area contributed by atoms with E-state index < -0.39 is 17.8 Å². The Labute approximate surface area is 138 Å². The fraction of sp³-hybridized carbons (Fsp3) is 0.588. The van der Waals surface area contributed by atoms with E-state index in [1.807, 2.05) is 0 Å². The van der Waals surface area contributed by atoms with Gasteiger partial charge in [0.2, 0.25) is 0 Å². The molecule has 0 N–H and O–H groups in total. The third-order valence-electron chi connectivity index (χ3n) is 3.99. The standard InChI is InChI=1S/C17H21F3O4/c1-3-23-15(21)10-8-11-7-9-13(24-11)12-5-4-6-14(22-2)16(12)17(18,19)20/h4-6,11,13H,3,7-10H2,1-2H3. The summed E-state index contributed by atoms with van der Waals surface area (Å²) in [5, 5.41) is 0. The minimum absolute atomic E-state index is 0.0838. The van der Waals surface area contributed by atoms with Crippen molar-refractivity contribution in [3.05, 3.63) is 29.3 Å². The van der Waals surface area contributed by atoms with Gasteiger partial charge in [-0.2, -0.15) is 13.2 Å². The van der Waals surface area contributed by atoms with Crippen LogP contribution in [-0.2, 0) is 20.4 Å². The van der Waals surface area contributed by atoms with Gasteiger partial charge in [-0.3, -0.25) is 4.79 Å². The van der Waals surface area contributed by atoms with Gasteiger partial charge in [-0.15, -0.1) is 0 Å². The van der Waals surface area contributed by atoms with Gasteiger partial charge in [0, 0.05) is 6.42 Å². The first kappa shape index (κ1) is 18.6. The van der Waals surface area contributed by atoms with Gasteiger partial charge < -0.3 is 14.2 Å². The number of rotatable bonds is 6. The minimum atomic E-state index is -4.52. The van der Waals surface area contributed by atoms with Crippen LogP contribution in [0.4, 0.5) is 13.2 Å². The largest absolute Gasteiger partial charge is 0.496 e. The van der Waals surface area contributed by atoms with Gasteiger partial charge in [-0.1, -0.05) is 12.1 Å². The summed E-state index contributed by atoms with van der Waals surface area (Å²) in [7, 11) is 1.21. The van der Waals surface area contributed by atoms with Crippen molar-refractivity contribution in [2.45, 2.75) is 51.0 Å². The van der Waals surface area contributed by atoms with Crippen LogP contribution in [0.15, 0.2) is 18.2 Å². The SMILES string of the molecule is CCOC(=O)CCC1CCC(c2cccc(OC)c2C(F)(F)F)O1. The van der Waals surface area contributed by atoms with E-state index in [-0.39, 0.29) is 29.8 Å². The third-order valence-corrected chi connectivity index (χ3v) is 3.99. The highest BCUT2D eigenvalue weighted by molar-refractivity contribution is 5.69. The van der Waals surface area contributed by atoms with E-state index >= 15 is 0 Å². The topological polar surface area (TPSA) is 44.8 Å². The van der Waals surface area contributed by atoms with E-state index in [4.69, 9.17) is 14.2 Å². The summed E-state index contributed by atoms with van der Waals surface area (Å²) in [6.07, 6.45) is -3.68. The van der Waals surface area contributed by atoms with Gasteiger partial charge in [0.25, 0.3) is 0 Å². The number of carbonyl (C=O) groups excluding carboxylic acids is 1.